The summed E-state index contributed by atoms with van der Waals surface area (Å²) in [6, 6.07) is 3.59. The standard InChI is InChI=1S/C9H6BrFO3/c10-6-1-5(2-7(11)3-6)8(12)4-9(13)14/h1-3H,4H2,(H,13,14). The van der Waals surface area contributed by atoms with Crippen LogP contribution in [-0.2, 0) is 4.79 Å². The number of carbonyl (C=O) groups is 2. The minimum Gasteiger partial charge on any atom is -0.481 e. The van der Waals surface area contributed by atoms with Gasteiger partial charge in [0.2, 0.25) is 0 Å². The fraction of sp³-hybridized carbons (Fsp3) is 0.111. The minimum absolute atomic E-state index is 0.0549. The van der Waals surface area contributed by atoms with E-state index < -0.39 is 24.0 Å². The number of carboxylic acids is 1. The smallest absolute Gasteiger partial charge is 0.311 e. The molecule has 0 bridgehead atoms. The SMILES string of the molecule is O=C(O)CC(=O)c1cc(F)cc(Br)c1. The zero-order chi connectivity index (χ0) is 10.7. The van der Waals surface area contributed by atoms with Gasteiger partial charge < -0.3 is 5.11 Å². The van der Waals surface area contributed by atoms with E-state index in [1.54, 1.807) is 0 Å². The van der Waals surface area contributed by atoms with Gasteiger partial charge in [0.1, 0.15) is 12.2 Å². The van der Waals surface area contributed by atoms with Crippen LogP contribution < -0.4 is 0 Å². The topological polar surface area (TPSA) is 54.4 Å². The van der Waals surface area contributed by atoms with Gasteiger partial charge >= 0.3 is 5.97 Å². The molecule has 0 atom stereocenters. The normalized spacial score (nSPS) is 9.86. The van der Waals surface area contributed by atoms with Crippen molar-refractivity contribution in [2.75, 3.05) is 0 Å². The van der Waals surface area contributed by atoms with Crippen LogP contribution in [0.2, 0.25) is 0 Å². The number of carbonyl (C=O) groups excluding carboxylic acids is 1. The summed E-state index contributed by atoms with van der Waals surface area (Å²) in [4.78, 5) is 21.4. The van der Waals surface area contributed by atoms with E-state index >= 15 is 0 Å². The van der Waals surface area contributed by atoms with E-state index in [-0.39, 0.29) is 5.56 Å². The second kappa shape index (κ2) is 4.32. The lowest BCUT2D eigenvalue weighted by Crippen LogP contribution is -2.07. The molecule has 0 saturated heterocycles. The van der Waals surface area contributed by atoms with Crippen LogP contribution in [0.3, 0.4) is 0 Å². The molecule has 0 aromatic heterocycles. The molecule has 0 spiro atoms. The van der Waals surface area contributed by atoms with Gasteiger partial charge in [-0.1, -0.05) is 15.9 Å². The highest BCUT2D eigenvalue weighted by Crippen LogP contribution is 2.16. The summed E-state index contributed by atoms with van der Waals surface area (Å²) in [6.45, 7) is 0. The first-order valence-electron chi connectivity index (χ1n) is 3.70. The molecule has 5 heteroatoms. The third kappa shape index (κ3) is 2.92. The van der Waals surface area contributed by atoms with E-state index in [4.69, 9.17) is 5.11 Å². The van der Waals surface area contributed by atoms with Gasteiger partial charge in [0.05, 0.1) is 0 Å². The molecule has 14 heavy (non-hydrogen) atoms. The number of ketones is 1. The predicted molar refractivity (Wildman–Crippen MR) is 50.7 cm³/mol. The first-order valence-corrected chi connectivity index (χ1v) is 4.49. The van der Waals surface area contributed by atoms with Crippen molar-refractivity contribution in [2.24, 2.45) is 0 Å². The monoisotopic (exact) mass is 260 g/mol. The maximum Gasteiger partial charge on any atom is 0.311 e. The lowest BCUT2D eigenvalue weighted by molar-refractivity contribution is -0.135. The molecular weight excluding hydrogens is 255 g/mol. The molecule has 1 N–H and O–H groups in total. The Bertz CT molecular complexity index is 369. The van der Waals surface area contributed by atoms with Crippen LogP contribution in [0.25, 0.3) is 0 Å². The van der Waals surface area contributed by atoms with Crippen LogP contribution >= 0.6 is 15.9 Å². The first-order chi connectivity index (χ1) is 6.49. The fourth-order valence-corrected chi connectivity index (χ4v) is 1.42. The molecule has 0 saturated carbocycles. The predicted octanol–water partition coefficient (Wildman–Crippen LogP) is 2.25. The second-order valence-electron chi connectivity index (χ2n) is 2.65. The number of aliphatic carboxylic acids is 1. The Hall–Kier alpha value is -1.23. The van der Waals surface area contributed by atoms with Crippen LogP contribution in [0, 0.1) is 5.82 Å². The summed E-state index contributed by atoms with van der Waals surface area (Å²) in [7, 11) is 0. The molecule has 0 heterocycles. The summed E-state index contributed by atoms with van der Waals surface area (Å²) in [6.07, 6.45) is -0.629. The Morgan fingerprint density at radius 2 is 2.00 bits per heavy atom. The zero-order valence-corrected chi connectivity index (χ0v) is 8.54. The molecule has 0 unspecified atom stereocenters. The van der Waals surface area contributed by atoms with E-state index in [9.17, 15) is 14.0 Å². The van der Waals surface area contributed by atoms with Crippen LogP contribution in [0.5, 0.6) is 0 Å². The Balaban J connectivity index is 2.95. The Morgan fingerprint density at radius 3 is 2.50 bits per heavy atom. The Kier molecular flexibility index (Phi) is 3.35. The van der Waals surface area contributed by atoms with Gasteiger partial charge in [-0.3, -0.25) is 9.59 Å². The Labute approximate surface area is 87.7 Å². The summed E-state index contributed by atoms with van der Waals surface area (Å²) >= 11 is 3.01. The van der Waals surface area contributed by atoms with Crippen molar-refractivity contribution in [2.45, 2.75) is 6.42 Å². The number of halogens is 2. The van der Waals surface area contributed by atoms with Gasteiger partial charge in [-0.15, -0.1) is 0 Å². The van der Waals surface area contributed by atoms with Gasteiger partial charge in [-0.2, -0.15) is 0 Å². The molecule has 0 amide bonds. The van der Waals surface area contributed by atoms with Gasteiger partial charge in [0.15, 0.2) is 5.78 Å². The van der Waals surface area contributed by atoms with Crippen molar-refractivity contribution in [3.8, 4) is 0 Å². The number of hydrogen-bond donors (Lipinski definition) is 1. The third-order valence-electron chi connectivity index (χ3n) is 1.50. The largest absolute Gasteiger partial charge is 0.481 e. The molecule has 74 valence electrons. The van der Waals surface area contributed by atoms with E-state index in [1.165, 1.54) is 12.1 Å². The molecule has 1 aromatic carbocycles. The maximum absolute atomic E-state index is 12.8. The van der Waals surface area contributed by atoms with Crippen LogP contribution in [0.15, 0.2) is 22.7 Å². The highest BCUT2D eigenvalue weighted by atomic mass is 79.9. The second-order valence-corrected chi connectivity index (χ2v) is 3.57. The highest BCUT2D eigenvalue weighted by molar-refractivity contribution is 9.10. The fourth-order valence-electron chi connectivity index (χ4n) is 0.954. The lowest BCUT2D eigenvalue weighted by Gasteiger charge is -1.99. The summed E-state index contributed by atoms with van der Waals surface area (Å²) in [5.74, 6) is -2.42. The lowest BCUT2D eigenvalue weighted by atomic mass is 10.1. The molecule has 0 aliphatic heterocycles. The van der Waals surface area contributed by atoms with E-state index in [0.29, 0.717) is 4.47 Å². The van der Waals surface area contributed by atoms with Gasteiger partial charge in [-0.25, -0.2) is 4.39 Å². The summed E-state index contributed by atoms with van der Waals surface area (Å²) in [5.41, 5.74) is 0.0549. The third-order valence-corrected chi connectivity index (χ3v) is 1.95. The van der Waals surface area contributed by atoms with E-state index in [2.05, 4.69) is 15.9 Å². The van der Waals surface area contributed by atoms with Crippen molar-refractivity contribution in [1.29, 1.82) is 0 Å². The molecule has 0 fully saturated rings. The maximum atomic E-state index is 12.8. The number of rotatable bonds is 3. The van der Waals surface area contributed by atoms with Gasteiger partial charge in [0, 0.05) is 10.0 Å². The van der Waals surface area contributed by atoms with E-state index in [1.807, 2.05) is 0 Å². The van der Waals surface area contributed by atoms with Crippen molar-refractivity contribution in [1.82, 2.24) is 0 Å². The average Bonchev–Trinajstić information content (AvgIpc) is 2.00. The Morgan fingerprint density at radius 1 is 1.36 bits per heavy atom. The van der Waals surface area contributed by atoms with Crippen molar-refractivity contribution >= 4 is 27.7 Å². The quantitative estimate of drug-likeness (QED) is 0.670. The van der Waals surface area contributed by atoms with Crippen molar-refractivity contribution < 1.29 is 19.1 Å². The molecule has 1 rings (SSSR count). The average molecular weight is 261 g/mol. The van der Waals surface area contributed by atoms with Crippen LogP contribution in [0.1, 0.15) is 16.8 Å². The van der Waals surface area contributed by atoms with Crippen molar-refractivity contribution in [3.63, 3.8) is 0 Å². The zero-order valence-electron chi connectivity index (χ0n) is 6.96. The molecule has 0 aliphatic rings. The number of benzene rings is 1. The minimum atomic E-state index is -1.23. The van der Waals surface area contributed by atoms with Crippen LogP contribution in [0.4, 0.5) is 4.39 Å². The number of hydrogen-bond acceptors (Lipinski definition) is 2. The van der Waals surface area contributed by atoms with Gasteiger partial charge in [0.25, 0.3) is 0 Å². The number of carboxylic acid groups (broad SMARTS) is 1. The van der Waals surface area contributed by atoms with Crippen LogP contribution in [-0.4, -0.2) is 16.9 Å². The molecular formula is C9H6BrFO3. The number of Topliss-reactive ketones (excluding diaryl/α,β-unsaturated/α-hetero) is 1. The molecule has 3 nitrogen and oxygen atoms in total. The molecule has 0 radical (unpaired) electrons. The summed E-state index contributed by atoms with van der Waals surface area (Å²) in [5, 5.41) is 8.36. The summed E-state index contributed by atoms with van der Waals surface area (Å²) < 4.78 is 13.2. The first kappa shape index (κ1) is 10.8. The van der Waals surface area contributed by atoms with Crippen molar-refractivity contribution in [3.05, 3.63) is 34.1 Å². The van der Waals surface area contributed by atoms with E-state index in [0.717, 1.165) is 6.07 Å². The molecule has 0 aliphatic carbocycles. The molecule has 1 aromatic rings. The van der Waals surface area contributed by atoms with Gasteiger partial charge in [-0.05, 0) is 18.2 Å². The highest BCUT2D eigenvalue weighted by Gasteiger charge is 2.11.